The number of nitrogens with two attached hydrogens (primary N) is 1. The first-order valence-corrected chi connectivity index (χ1v) is 12.4. The Morgan fingerprint density at radius 2 is 1.51 bits per heavy atom. The molecule has 0 unspecified atom stereocenters. The molecule has 0 aliphatic carbocycles. The molecule has 188 valence electrons. The molecule has 0 saturated carbocycles. The fourth-order valence-electron chi connectivity index (χ4n) is 4.39. The van der Waals surface area contributed by atoms with E-state index in [0.717, 1.165) is 32.7 Å². The Hall–Kier alpha value is -4.08. The number of benzene rings is 3. The van der Waals surface area contributed by atoms with Crippen LogP contribution in [0.2, 0.25) is 0 Å². The van der Waals surface area contributed by atoms with Gasteiger partial charge in [0.25, 0.3) is 5.56 Å². The predicted octanol–water partition coefficient (Wildman–Crippen LogP) is 4.85. The lowest BCUT2D eigenvalue weighted by Gasteiger charge is -2.15. The molecule has 0 fully saturated rings. The smallest absolute Gasteiger partial charge is 0.337 e. The molecule has 2 heterocycles. The summed E-state index contributed by atoms with van der Waals surface area (Å²) in [5.41, 5.74) is 7.01. The number of hydrogen-bond donors (Lipinski definition) is 1. The maximum Gasteiger partial charge on any atom is 0.337 e. The number of halogens is 2. The van der Waals surface area contributed by atoms with Gasteiger partial charge in [0.2, 0.25) is 0 Å². The molecule has 37 heavy (non-hydrogen) atoms. The minimum Gasteiger partial charge on any atom is -0.399 e. The molecule has 0 aliphatic rings. The summed E-state index contributed by atoms with van der Waals surface area (Å²) in [4.78, 5) is 30.8. The summed E-state index contributed by atoms with van der Waals surface area (Å²) < 4.78 is 31.7. The minimum absolute atomic E-state index is 0.249. The van der Waals surface area contributed by atoms with Gasteiger partial charge in [0, 0.05) is 22.7 Å². The van der Waals surface area contributed by atoms with Crippen LogP contribution in [-0.2, 0) is 13.1 Å². The molecule has 2 N–H and O–H groups in total. The van der Waals surface area contributed by atoms with E-state index < -0.39 is 22.9 Å². The molecule has 0 saturated heterocycles. The predicted molar refractivity (Wildman–Crippen MR) is 144 cm³/mol. The molecule has 0 atom stereocenters. The third-order valence-electron chi connectivity index (χ3n) is 6.11. The molecule has 6 nitrogen and oxygen atoms in total. The maximum atomic E-state index is 14.7. The van der Waals surface area contributed by atoms with Crippen molar-refractivity contribution >= 4 is 27.2 Å². The van der Waals surface area contributed by atoms with Crippen molar-refractivity contribution in [1.82, 2.24) is 14.0 Å². The molecule has 3 aromatic carbocycles. The number of nitrogens with zero attached hydrogens (tertiary/aromatic N) is 3. The second kappa shape index (κ2) is 9.76. The molecular formula is C28H24F2N4O2S. The van der Waals surface area contributed by atoms with Gasteiger partial charge in [0.15, 0.2) is 0 Å². The number of nitrogen functional groups attached to an aromatic ring is 1. The molecule has 0 spiro atoms. The summed E-state index contributed by atoms with van der Waals surface area (Å²) in [5, 5.41) is 0.339. The standard InChI is InChI=1S/C28H24F2N4O2S/c1-32(2)15-21-24-26(35)34(19-7-4-3-5-8-19)28(36)33(16-20-22(29)9-6-10-23(20)30)27(24)37-25(21)17-11-13-18(31)14-12-17/h3-14H,15-16,31H2,1-2H3. The van der Waals surface area contributed by atoms with E-state index in [1.165, 1.54) is 22.0 Å². The average Bonchev–Trinajstić information content (AvgIpc) is 3.23. The van der Waals surface area contributed by atoms with E-state index in [4.69, 9.17) is 5.73 Å². The second-order valence-electron chi connectivity index (χ2n) is 8.99. The average molecular weight is 519 g/mol. The van der Waals surface area contributed by atoms with Crippen LogP contribution in [0.3, 0.4) is 0 Å². The number of para-hydroxylation sites is 1. The molecule has 0 amide bonds. The lowest BCUT2D eigenvalue weighted by molar-refractivity contribution is 0.405. The van der Waals surface area contributed by atoms with E-state index in [-0.39, 0.29) is 12.1 Å². The highest BCUT2D eigenvalue weighted by Crippen LogP contribution is 2.38. The minimum atomic E-state index is -0.763. The summed E-state index contributed by atoms with van der Waals surface area (Å²) in [5.74, 6) is -1.53. The van der Waals surface area contributed by atoms with Crippen molar-refractivity contribution in [2.45, 2.75) is 13.1 Å². The lowest BCUT2D eigenvalue weighted by atomic mass is 10.1. The van der Waals surface area contributed by atoms with Gasteiger partial charge in [0.05, 0.1) is 17.6 Å². The molecule has 0 aliphatic heterocycles. The Morgan fingerprint density at radius 1 is 0.865 bits per heavy atom. The van der Waals surface area contributed by atoms with Crippen molar-refractivity contribution in [1.29, 1.82) is 0 Å². The molecular weight excluding hydrogens is 494 g/mol. The summed E-state index contributed by atoms with van der Waals surface area (Å²) in [6.07, 6.45) is 0. The van der Waals surface area contributed by atoms with Crippen molar-refractivity contribution in [3.05, 3.63) is 116 Å². The van der Waals surface area contributed by atoms with E-state index >= 15 is 0 Å². The Kier molecular flexibility index (Phi) is 6.49. The normalized spacial score (nSPS) is 11.5. The van der Waals surface area contributed by atoms with Crippen molar-refractivity contribution in [2.24, 2.45) is 0 Å². The first kappa shape index (κ1) is 24.6. The van der Waals surface area contributed by atoms with Gasteiger partial charge in [-0.1, -0.05) is 36.4 Å². The van der Waals surface area contributed by atoms with Crippen LogP contribution < -0.4 is 17.0 Å². The third-order valence-corrected chi connectivity index (χ3v) is 7.42. The van der Waals surface area contributed by atoms with E-state index in [2.05, 4.69) is 0 Å². The van der Waals surface area contributed by atoms with Crippen molar-refractivity contribution in [3.63, 3.8) is 0 Å². The van der Waals surface area contributed by atoms with E-state index in [1.807, 2.05) is 31.1 Å². The molecule has 0 radical (unpaired) electrons. The highest BCUT2D eigenvalue weighted by atomic mass is 32.1. The largest absolute Gasteiger partial charge is 0.399 e. The maximum absolute atomic E-state index is 14.7. The lowest BCUT2D eigenvalue weighted by Crippen LogP contribution is -2.39. The number of thiophene rings is 1. The van der Waals surface area contributed by atoms with Gasteiger partial charge in [0.1, 0.15) is 16.5 Å². The van der Waals surface area contributed by atoms with E-state index in [0.29, 0.717) is 28.1 Å². The SMILES string of the molecule is CN(C)Cc1c(-c2ccc(N)cc2)sc2c1c(=O)n(-c1ccccc1)c(=O)n2Cc1c(F)cccc1F. The summed E-state index contributed by atoms with van der Waals surface area (Å²) in [7, 11) is 3.77. The Balaban J connectivity index is 1.91. The fraction of sp³-hybridized carbons (Fsp3) is 0.143. The van der Waals surface area contributed by atoms with Crippen LogP contribution in [0.5, 0.6) is 0 Å². The topological polar surface area (TPSA) is 73.3 Å². The van der Waals surface area contributed by atoms with Gasteiger partial charge >= 0.3 is 5.69 Å². The molecule has 5 aromatic rings. The molecule has 0 bridgehead atoms. The highest BCUT2D eigenvalue weighted by Gasteiger charge is 2.25. The third kappa shape index (κ3) is 4.47. The van der Waals surface area contributed by atoms with Gasteiger partial charge in [-0.2, -0.15) is 0 Å². The van der Waals surface area contributed by atoms with Crippen LogP contribution in [-0.4, -0.2) is 28.1 Å². The van der Waals surface area contributed by atoms with Gasteiger partial charge in [-0.3, -0.25) is 9.36 Å². The zero-order chi connectivity index (χ0) is 26.3. The quantitative estimate of drug-likeness (QED) is 0.326. The first-order valence-electron chi connectivity index (χ1n) is 11.6. The van der Waals surface area contributed by atoms with E-state index in [1.54, 1.807) is 42.5 Å². The second-order valence-corrected chi connectivity index (χ2v) is 9.99. The summed E-state index contributed by atoms with van der Waals surface area (Å²) >= 11 is 1.25. The van der Waals surface area contributed by atoms with Crippen LogP contribution in [0.15, 0.2) is 82.4 Å². The first-order chi connectivity index (χ1) is 17.8. The number of hydrogen-bond acceptors (Lipinski definition) is 5. The highest BCUT2D eigenvalue weighted by molar-refractivity contribution is 7.22. The number of aromatic nitrogens is 2. The number of rotatable bonds is 6. The molecule has 9 heteroatoms. The summed E-state index contributed by atoms with van der Waals surface area (Å²) in [6, 6.07) is 19.4. The van der Waals surface area contributed by atoms with Crippen LogP contribution in [0.25, 0.3) is 26.3 Å². The fourth-order valence-corrected chi connectivity index (χ4v) is 5.69. The Morgan fingerprint density at radius 3 is 2.14 bits per heavy atom. The number of fused-ring (bicyclic) bond motifs is 1. The van der Waals surface area contributed by atoms with Gasteiger partial charge in [-0.05, 0) is 61.6 Å². The van der Waals surface area contributed by atoms with Crippen molar-refractivity contribution in [3.8, 4) is 16.1 Å². The van der Waals surface area contributed by atoms with E-state index in [9.17, 15) is 18.4 Å². The van der Waals surface area contributed by atoms with Crippen LogP contribution in [0.1, 0.15) is 11.1 Å². The van der Waals surface area contributed by atoms with Crippen molar-refractivity contribution in [2.75, 3.05) is 19.8 Å². The van der Waals surface area contributed by atoms with Crippen LogP contribution in [0, 0.1) is 11.6 Å². The number of anilines is 1. The van der Waals surface area contributed by atoms with Crippen LogP contribution in [0.4, 0.5) is 14.5 Å². The summed E-state index contributed by atoms with van der Waals surface area (Å²) in [6.45, 7) is 0.0417. The molecule has 2 aromatic heterocycles. The van der Waals surface area contributed by atoms with Gasteiger partial charge in [-0.25, -0.2) is 18.1 Å². The molecule has 5 rings (SSSR count). The zero-order valence-electron chi connectivity index (χ0n) is 20.2. The van der Waals surface area contributed by atoms with Crippen LogP contribution >= 0.6 is 11.3 Å². The Labute approximate surface area is 215 Å². The Bertz CT molecular complexity index is 1700. The van der Waals surface area contributed by atoms with Gasteiger partial charge < -0.3 is 10.6 Å². The zero-order valence-corrected chi connectivity index (χ0v) is 21.1. The van der Waals surface area contributed by atoms with Gasteiger partial charge in [-0.15, -0.1) is 11.3 Å². The van der Waals surface area contributed by atoms with Crippen molar-refractivity contribution < 1.29 is 8.78 Å². The monoisotopic (exact) mass is 518 g/mol.